The van der Waals surface area contributed by atoms with Gasteiger partial charge in [0.05, 0.1) is 5.52 Å². The van der Waals surface area contributed by atoms with Crippen molar-refractivity contribution in [3.8, 4) is 0 Å². The van der Waals surface area contributed by atoms with Crippen LogP contribution >= 0.6 is 0 Å². The Bertz CT molecular complexity index is 503. The van der Waals surface area contributed by atoms with E-state index in [1.807, 2.05) is 25.1 Å². The molecule has 0 aliphatic rings. The summed E-state index contributed by atoms with van der Waals surface area (Å²) >= 11 is 0. The highest BCUT2D eigenvalue weighted by molar-refractivity contribution is 5.79. The van der Waals surface area contributed by atoms with Gasteiger partial charge in [0.25, 0.3) is 0 Å². The monoisotopic (exact) mass is 160 g/mol. The van der Waals surface area contributed by atoms with E-state index in [4.69, 9.17) is 4.11 Å². The number of hydrogen-bond acceptors (Lipinski definition) is 1. The van der Waals surface area contributed by atoms with E-state index in [1.54, 1.807) is 12.1 Å². The summed E-state index contributed by atoms with van der Waals surface area (Å²) in [6, 6.07) is 9.13. The quantitative estimate of drug-likeness (QED) is 0.577. The Morgan fingerprint density at radius 2 is 2.17 bits per heavy atom. The van der Waals surface area contributed by atoms with Crippen LogP contribution in [0.5, 0.6) is 0 Å². The second-order valence-corrected chi connectivity index (χ2v) is 2.89. The highest BCUT2D eigenvalue weighted by Crippen LogP contribution is 2.13. The van der Waals surface area contributed by atoms with Crippen LogP contribution in [0.4, 0.5) is 0 Å². The molecule has 1 aromatic heterocycles. The van der Waals surface area contributed by atoms with Crippen molar-refractivity contribution >= 4 is 10.9 Å². The van der Waals surface area contributed by atoms with Crippen LogP contribution in [-0.4, -0.2) is 4.98 Å². The Kier molecular flexibility index (Phi) is 0.995. The van der Waals surface area contributed by atoms with E-state index in [1.165, 1.54) is 0 Å². The molecule has 0 N–H and O–H groups in total. The lowest BCUT2D eigenvalue weighted by Crippen LogP contribution is -1.82. The molecule has 60 valence electrons. The van der Waals surface area contributed by atoms with Crippen molar-refractivity contribution < 1.29 is 4.11 Å². The second kappa shape index (κ2) is 2.59. The minimum Gasteiger partial charge on any atom is -0.253 e. The molecule has 0 aliphatic carbocycles. The summed E-state index contributed by atoms with van der Waals surface area (Å²) < 4.78 is 21.8. The predicted molar refractivity (Wildman–Crippen MR) is 51.2 cm³/mol. The highest BCUT2D eigenvalue weighted by atomic mass is 14.7. The lowest BCUT2D eigenvalue weighted by Gasteiger charge is -1.99. The van der Waals surface area contributed by atoms with E-state index in [9.17, 15) is 0 Å². The number of aryl methyl sites for hydroxylation is 2. The molecule has 2 rings (SSSR count). The standard InChI is InChI=1S/C11H11N/c1-8-3-6-11-10(7-8)5-4-9(2)12-11/h3-7H,1-2H3/i2D3. The summed E-state index contributed by atoms with van der Waals surface area (Å²) in [5, 5.41) is 0.975. The summed E-state index contributed by atoms with van der Waals surface area (Å²) in [4.78, 5) is 4.13. The Morgan fingerprint density at radius 1 is 1.25 bits per heavy atom. The van der Waals surface area contributed by atoms with E-state index in [2.05, 4.69) is 4.98 Å². The minimum absolute atomic E-state index is 0.152. The zero-order valence-electron chi connectivity index (χ0n) is 9.83. The van der Waals surface area contributed by atoms with Gasteiger partial charge in [0, 0.05) is 15.2 Å². The molecule has 0 atom stereocenters. The van der Waals surface area contributed by atoms with Gasteiger partial charge in [-0.3, -0.25) is 4.98 Å². The molecule has 1 nitrogen and oxygen atoms in total. The fourth-order valence-corrected chi connectivity index (χ4v) is 1.25. The fourth-order valence-electron chi connectivity index (χ4n) is 1.25. The molecule has 0 bridgehead atoms. The lowest BCUT2D eigenvalue weighted by molar-refractivity contribution is 1.25. The number of hydrogen-bond donors (Lipinski definition) is 0. The maximum atomic E-state index is 7.26. The average molecular weight is 160 g/mol. The van der Waals surface area contributed by atoms with Gasteiger partial charge < -0.3 is 0 Å². The van der Waals surface area contributed by atoms with E-state index in [0.29, 0.717) is 0 Å². The molecule has 12 heavy (non-hydrogen) atoms. The van der Waals surface area contributed by atoms with Crippen molar-refractivity contribution in [1.82, 2.24) is 4.98 Å². The van der Waals surface area contributed by atoms with Crippen LogP contribution in [0, 0.1) is 13.8 Å². The predicted octanol–water partition coefficient (Wildman–Crippen LogP) is 2.85. The molecule has 0 fully saturated rings. The van der Waals surface area contributed by atoms with E-state index < -0.39 is 6.85 Å². The third-order valence-corrected chi connectivity index (χ3v) is 1.84. The molecule has 1 aromatic carbocycles. The van der Waals surface area contributed by atoms with Crippen molar-refractivity contribution in [2.24, 2.45) is 0 Å². The minimum atomic E-state index is -2.13. The van der Waals surface area contributed by atoms with Gasteiger partial charge in [0.15, 0.2) is 0 Å². The molecular formula is C11H11N. The van der Waals surface area contributed by atoms with Gasteiger partial charge >= 0.3 is 0 Å². The van der Waals surface area contributed by atoms with Crippen molar-refractivity contribution in [3.05, 3.63) is 41.6 Å². The zero-order valence-corrected chi connectivity index (χ0v) is 6.83. The van der Waals surface area contributed by atoms with E-state index >= 15 is 0 Å². The lowest BCUT2D eigenvalue weighted by atomic mass is 10.1. The first kappa shape index (κ1) is 4.61. The van der Waals surface area contributed by atoms with Gasteiger partial charge in [-0.05, 0) is 32.0 Å². The first-order valence-electron chi connectivity index (χ1n) is 5.35. The van der Waals surface area contributed by atoms with Crippen LogP contribution < -0.4 is 0 Å². The molecule has 0 saturated heterocycles. The van der Waals surface area contributed by atoms with Crippen molar-refractivity contribution in [2.75, 3.05) is 0 Å². The highest BCUT2D eigenvalue weighted by Gasteiger charge is 1.94. The Labute approximate surface area is 76.3 Å². The third kappa shape index (κ3) is 1.18. The molecule has 0 unspecified atom stereocenters. The SMILES string of the molecule is [2H]C([2H])([2H])c1ccc2cc(C)ccc2n1. The first-order chi connectivity index (χ1) is 6.97. The normalized spacial score (nSPS) is 15.2. The Balaban J connectivity index is 2.62. The van der Waals surface area contributed by atoms with Gasteiger partial charge in [-0.2, -0.15) is 0 Å². The second-order valence-electron chi connectivity index (χ2n) is 2.89. The maximum Gasteiger partial charge on any atom is 0.0705 e. The van der Waals surface area contributed by atoms with Crippen LogP contribution in [0.25, 0.3) is 10.9 Å². The van der Waals surface area contributed by atoms with Crippen LogP contribution in [0.15, 0.2) is 30.3 Å². The smallest absolute Gasteiger partial charge is 0.0705 e. The molecule has 0 saturated carbocycles. The number of benzene rings is 1. The van der Waals surface area contributed by atoms with Gasteiger partial charge in [0.2, 0.25) is 0 Å². The van der Waals surface area contributed by atoms with Crippen LogP contribution in [-0.2, 0) is 0 Å². The van der Waals surface area contributed by atoms with Crippen LogP contribution in [0.1, 0.15) is 15.4 Å². The number of fused-ring (bicyclic) bond motifs is 1. The summed E-state index contributed by atoms with van der Waals surface area (Å²) in [6.45, 7) is -0.129. The van der Waals surface area contributed by atoms with Gasteiger partial charge in [-0.1, -0.05) is 17.7 Å². The first-order valence-corrected chi connectivity index (χ1v) is 3.85. The maximum absolute atomic E-state index is 7.26. The molecule has 0 spiro atoms. The van der Waals surface area contributed by atoms with Gasteiger partial charge in [-0.15, -0.1) is 0 Å². The number of pyridine rings is 1. The zero-order chi connectivity index (χ0) is 11.1. The molecule has 0 aliphatic heterocycles. The number of aromatic nitrogens is 1. The number of nitrogens with zero attached hydrogens (tertiary/aromatic N) is 1. The summed E-state index contributed by atoms with van der Waals surface area (Å²) in [6.07, 6.45) is 0. The average Bonchev–Trinajstić information content (AvgIpc) is 2.15. The van der Waals surface area contributed by atoms with E-state index in [-0.39, 0.29) is 5.69 Å². The summed E-state index contributed by atoms with van der Waals surface area (Å²) in [5.74, 6) is 0. The Hall–Kier alpha value is -1.37. The van der Waals surface area contributed by atoms with E-state index in [0.717, 1.165) is 16.5 Å². The van der Waals surface area contributed by atoms with Crippen molar-refractivity contribution in [3.63, 3.8) is 0 Å². The molecule has 0 amide bonds. The number of rotatable bonds is 0. The third-order valence-electron chi connectivity index (χ3n) is 1.84. The summed E-state index contributed by atoms with van der Waals surface area (Å²) in [7, 11) is 0. The molecule has 1 heteroatoms. The van der Waals surface area contributed by atoms with Crippen LogP contribution in [0.2, 0.25) is 0 Å². The van der Waals surface area contributed by atoms with Crippen molar-refractivity contribution in [1.29, 1.82) is 0 Å². The molecule has 0 radical (unpaired) electrons. The molecular weight excluding hydrogens is 146 g/mol. The molecule has 2 aromatic rings. The topological polar surface area (TPSA) is 12.9 Å². The van der Waals surface area contributed by atoms with Gasteiger partial charge in [-0.25, -0.2) is 0 Å². The Morgan fingerprint density at radius 3 is 3.00 bits per heavy atom. The van der Waals surface area contributed by atoms with Crippen LogP contribution in [0.3, 0.4) is 0 Å². The van der Waals surface area contributed by atoms with Gasteiger partial charge in [0.1, 0.15) is 0 Å². The molecule has 1 heterocycles. The summed E-state index contributed by atoms with van der Waals surface area (Å²) in [5.41, 5.74) is 2.03. The largest absolute Gasteiger partial charge is 0.253 e. The van der Waals surface area contributed by atoms with Crippen molar-refractivity contribution in [2.45, 2.75) is 13.8 Å². The fraction of sp³-hybridized carbons (Fsp3) is 0.182.